The summed E-state index contributed by atoms with van der Waals surface area (Å²) in [7, 11) is -2.19. The van der Waals surface area contributed by atoms with Crippen molar-refractivity contribution < 1.29 is 18.3 Å². The third kappa shape index (κ3) is 3.19. The van der Waals surface area contributed by atoms with Crippen LogP contribution >= 0.6 is 0 Å². The van der Waals surface area contributed by atoms with E-state index in [1.165, 1.54) is 30.2 Å². The van der Waals surface area contributed by atoms with E-state index in [1.54, 1.807) is 0 Å². The number of nitrogens with one attached hydrogen (secondary N) is 1. The fraction of sp³-hybridized carbons (Fsp3) is 0.333. The molecule has 0 spiro atoms. The van der Waals surface area contributed by atoms with Crippen LogP contribution in [0.3, 0.4) is 0 Å². The van der Waals surface area contributed by atoms with Gasteiger partial charge in [0, 0.05) is 7.05 Å². The summed E-state index contributed by atoms with van der Waals surface area (Å²) in [5.74, 6) is -1.06. The molecule has 20 heavy (non-hydrogen) atoms. The van der Waals surface area contributed by atoms with Crippen LogP contribution in [0.4, 0.5) is 0 Å². The van der Waals surface area contributed by atoms with Gasteiger partial charge in [-0.3, -0.25) is 9.48 Å². The Bertz CT molecular complexity index is 718. The van der Waals surface area contributed by atoms with Crippen LogP contribution in [0.25, 0.3) is 0 Å². The second-order valence-electron chi connectivity index (χ2n) is 3.92. The summed E-state index contributed by atoms with van der Waals surface area (Å²) in [4.78, 5) is 10.5. The van der Waals surface area contributed by atoms with Gasteiger partial charge < -0.3 is 5.11 Å². The number of aryl methyl sites for hydroxylation is 1. The number of nitrogens with zero attached hydrogens (tertiary/aromatic N) is 5. The maximum Gasteiger partial charge on any atom is 0.325 e. The van der Waals surface area contributed by atoms with Crippen LogP contribution in [0.2, 0.25) is 0 Å². The molecule has 11 heteroatoms. The van der Waals surface area contributed by atoms with E-state index in [0.29, 0.717) is 5.69 Å². The van der Waals surface area contributed by atoms with Gasteiger partial charge in [0.05, 0.1) is 24.6 Å². The number of sulfonamides is 1. The summed E-state index contributed by atoms with van der Waals surface area (Å²) in [5.41, 5.74) is 0.317. The van der Waals surface area contributed by atoms with Crippen LogP contribution in [0.1, 0.15) is 5.69 Å². The second kappa shape index (κ2) is 5.38. The molecule has 0 saturated heterocycles. The molecule has 2 rings (SSSR count). The second-order valence-corrected chi connectivity index (χ2v) is 5.63. The highest BCUT2D eigenvalue weighted by Crippen LogP contribution is 2.06. The SMILES string of the molecule is Cn1nccc1S(=O)(=O)NCc1cn(CC(=O)O)nn1. The van der Waals surface area contributed by atoms with Gasteiger partial charge in [-0.15, -0.1) is 5.10 Å². The van der Waals surface area contributed by atoms with Gasteiger partial charge in [0.1, 0.15) is 6.54 Å². The van der Waals surface area contributed by atoms with Gasteiger partial charge in [0.2, 0.25) is 0 Å². The number of carboxylic acids is 1. The Morgan fingerprint density at radius 2 is 2.25 bits per heavy atom. The van der Waals surface area contributed by atoms with Gasteiger partial charge in [0.25, 0.3) is 10.0 Å². The average Bonchev–Trinajstić information content (AvgIpc) is 2.95. The molecule has 0 fully saturated rings. The largest absolute Gasteiger partial charge is 0.480 e. The van der Waals surface area contributed by atoms with E-state index in [-0.39, 0.29) is 18.1 Å². The minimum atomic E-state index is -3.70. The molecule has 2 aromatic rings. The van der Waals surface area contributed by atoms with Gasteiger partial charge in [-0.2, -0.15) is 5.10 Å². The first kappa shape index (κ1) is 14.1. The van der Waals surface area contributed by atoms with Gasteiger partial charge >= 0.3 is 5.97 Å². The summed E-state index contributed by atoms with van der Waals surface area (Å²) in [5, 5.41) is 19.6. The zero-order valence-corrected chi connectivity index (χ0v) is 11.3. The third-order valence-electron chi connectivity index (χ3n) is 2.38. The lowest BCUT2D eigenvalue weighted by atomic mass is 10.5. The zero-order chi connectivity index (χ0) is 14.8. The number of carboxylic acid groups (broad SMARTS) is 1. The van der Waals surface area contributed by atoms with Crippen LogP contribution in [0.15, 0.2) is 23.5 Å². The Kier molecular flexibility index (Phi) is 3.81. The molecule has 0 atom stereocenters. The molecule has 0 aliphatic carbocycles. The summed E-state index contributed by atoms with van der Waals surface area (Å²) in [6.07, 6.45) is 2.73. The van der Waals surface area contributed by atoms with E-state index in [4.69, 9.17) is 5.11 Å². The Labute approximate surface area is 114 Å². The van der Waals surface area contributed by atoms with Crippen molar-refractivity contribution in [3.63, 3.8) is 0 Å². The van der Waals surface area contributed by atoms with Crippen LogP contribution in [0, 0.1) is 0 Å². The molecule has 0 amide bonds. The van der Waals surface area contributed by atoms with E-state index in [1.807, 2.05) is 0 Å². The van der Waals surface area contributed by atoms with E-state index in [2.05, 4.69) is 20.1 Å². The Morgan fingerprint density at radius 3 is 2.85 bits per heavy atom. The number of hydrogen-bond donors (Lipinski definition) is 2. The van der Waals surface area contributed by atoms with Gasteiger partial charge in [0.15, 0.2) is 5.03 Å². The number of carbonyl (C=O) groups is 1. The highest BCUT2D eigenvalue weighted by atomic mass is 32.2. The van der Waals surface area contributed by atoms with E-state index < -0.39 is 16.0 Å². The minimum Gasteiger partial charge on any atom is -0.480 e. The smallest absolute Gasteiger partial charge is 0.325 e. The molecule has 0 saturated carbocycles. The molecular weight excluding hydrogens is 288 g/mol. The highest BCUT2D eigenvalue weighted by Gasteiger charge is 2.18. The van der Waals surface area contributed by atoms with Crippen LogP contribution in [-0.2, 0) is 35.0 Å². The minimum absolute atomic E-state index is 0.0235. The predicted molar refractivity (Wildman–Crippen MR) is 64.9 cm³/mol. The quantitative estimate of drug-likeness (QED) is 0.668. The first-order chi connectivity index (χ1) is 9.38. The average molecular weight is 300 g/mol. The molecule has 0 radical (unpaired) electrons. The van der Waals surface area contributed by atoms with E-state index in [0.717, 1.165) is 4.68 Å². The molecule has 0 unspecified atom stereocenters. The summed E-state index contributed by atoms with van der Waals surface area (Å²) in [6.45, 7) is -0.422. The first-order valence-electron chi connectivity index (χ1n) is 5.47. The summed E-state index contributed by atoms with van der Waals surface area (Å²) >= 11 is 0. The number of hydrogen-bond acceptors (Lipinski definition) is 6. The normalized spacial score (nSPS) is 11.7. The Morgan fingerprint density at radius 1 is 1.50 bits per heavy atom. The highest BCUT2D eigenvalue weighted by molar-refractivity contribution is 7.89. The van der Waals surface area contributed by atoms with Crippen molar-refractivity contribution in [2.24, 2.45) is 7.05 Å². The van der Waals surface area contributed by atoms with Crippen molar-refractivity contribution in [3.05, 3.63) is 24.2 Å². The van der Waals surface area contributed by atoms with Gasteiger partial charge in [-0.05, 0) is 6.07 Å². The molecule has 0 aromatic carbocycles. The van der Waals surface area contributed by atoms with Crippen molar-refractivity contribution in [3.8, 4) is 0 Å². The maximum atomic E-state index is 12.0. The summed E-state index contributed by atoms with van der Waals surface area (Å²) in [6, 6.07) is 1.36. The fourth-order valence-corrected chi connectivity index (χ4v) is 2.62. The molecule has 0 bridgehead atoms. The van der Waals surface area contributed by atoms with Crippen LogP contribution in [-0.4, -0.2) is 44.3 Å². The summed E-state index contributed by atoms with van der Waals surface area (Å²) < 4.78 is 28.6. The number of aromatic nitrogens is 5. The van der Waals surface area contributed by atoms with Crippen LogP contribution in [0.5, 0.6) is 0 Å². The Balaban J connectivity index is 2.03. The van der Waals surface area contributed by atoms with E-state index >= 15 is 0 Å². The molecule has 0 aliphatic heterocycles. The lowest BCUT2D eigenvalue weighted by Crippen LogP contribution is -2.25. The van der Waals surface area contributed by atoms with Gasteiger partial charge in [-0.1, -0.05) is 5.21 Å². The number of aliphatic carboxylic acids is 1. The van der Waals surface area contributed by atoms with Crippen molar-refractivity contribution in [2.45, 2.75) is 18.1 Å². The predicted octanol–water partition coefficient (Wildman–Crippen LogP) is -1.43. The molecular formula is C9H12N6O4S. The lowest BCUT2D eigenvalue weighted by molar-refractivity contribution is -0.137. The molecule has 10 nitrogen and oxygen atoms in total. The van der Waals surface area contributed by atoms with E-state index in [9.17, 15) is 13.2 Å². The monoisotopic (exact) mass is 300 g/mol. The van der Waals surface area contributed by atoms with Crippen molar-refractivity contribution in [2.75, 3.05) is 0 Å². The van der Waals surface area contributed by atoms with Crippen molar-refractivity contribution in [1.82, 2.24) is 29.5 Å². The molecule has 108 valence electrons. The van der Waals surface area contributed by atoms with Gasteiger partial charge in [-0.25, -0.2) is 17.8 Å². The fourth-order valence-electron chi connectivity index (χ4n) is 1.50. The topological polar surface area (TPSA) is 132 Å². The molecule has 2 aromatic heterocycles. The van der Waals surface area contributed by atoms with Crippen molar-refractivity contribution >= 4 is 16.0 Å². The first-order valence-corrected chi connectivity index (χ1v) is 6.95. The third-order valence-corrected chi connectivity index (χ3v) is 3.85. The molecule has 2 N–H and O–H groups in total. The maximum absolute atomic E-state index is 12.0. The van der Waals surface area contributed by atoms with Crippen molar-refractivity contribution in [1.29, 1.82) is 0 Å². The van der Waals surface area contributed by atoms with Crippen LogP contribution < -0.4 is 4.72 Å². The molecule has 2 heterocycles. The lowest BCUT2D eigenvalue weighted by Gasteiger charge is -2.04. The zero-order valence-electron chi connectivity index (χ0n) is 10.5. The number of rotatable bonds is 6. The Hall–Kier alpha value is -2.27. The standard InChI is InChI=1S/C9H12N6O4S/c1-14-8(2-3-10-14)20(18,19)11-4-7-5-15(13-12-7)6-9(16)17/h2-3,5,11H,4,6H2,1H3,(H,16,17). The molecule has 0 aliphatic rings.